The van der Waals surface area contributed by atoms with Crippen LogP contribution in [0.2, 0.25) is 0 Å². The standard InChI is InChI=1S/C16H29N5O3/c1-2-12(9-24-11-23-5-3-4-22)6-18-7-13-8-19-15-14(13)20-10-21-16(15)17/h8,10,12,16,18-19,22H,2-7,9,11,17H2,1H3,(H,20,21)/t12-,16?/m1/s1. The van der Waals surface area contributed by atoms with Crippen LogP contribution in [-0.2, 0) is 16.0 Å². The molecule has 136 valence electrons. The van der Waals surface area contributed by atoms with Crippen molar-refractivity contribution in [3.63, 3.8) is 0 Å². The third-order valence-electron chi connectivity index (χ3n) is 4.01. The molecule has 0 aliphatic carbocycles. The molecule has 0 fully saturated rings. The zero-order valence-electron chi connectivity index (χ0n) is 14.3. The topological polar surface area (TPSA) is 117 Å². The highest BCUT2D eigenvalue weighted by Crippen LogP contribution is 2.28. The summed E-state index contributed by atoms with van der Waals surface area (Å²) in [6, 6.07) is 0. The van der Waals surface area contributed by atoms with Crippen molar-refractivity contribution in [1.29, 1.82) is 0 Å². The number of ether oxygens (including phenoxy) is 2. The Morgan fingerprint density at radius 2 is 2.33 bits per heavy atom. The van der Waals surface area contributed by atoms with Crippen LogP contribution in [0, 0.1) is 5.92 Å². The average molecular weight is 339 g/mol. The van der Waals surface area contributed by atoms with E-state index >= 15 is 0 Å². The number of aromatic amines is 1. The first-order valence-corrected chi connectivity index (χ1v) is 8.47. The number of aliphatic hydroxyl groups excluding tert-OH is 1. The van der Waals surface area contributed by atoms with E-state index in [-0.39, 0.29) is 19.6 Å². The molecule has 2 atom stereocenters. The SMILES string of the molecule is CC[C@H](CNCc1c[nH]c2c1N=CNC2N)COCOCCCO. The van der Waals surface area contributed by atoms with E-state index in [0.717, 1.165) is 36.5 Å². The maximum Gasteiger partial charge on any atom is 0.146 e. The van der Waals surface area contributed by atoms with Crippen LogP contribution >= 0.6 is 0 Å². The molecule has 6 N–H and O–H groups in total. The summed E-state index contributed by atoms with van der Waals surface area (Å²) in [4.78, 5) is 7.55. The first kappa shape index (κ1) is 18.9. The van der Waals surface area contributed by atoms with Gasteiger partial charge in [-0.05, 0) is 18.8 Å². The van der Waals surface area contributed by atoms with Crippen LogP contribution in [0.1, 0.15) is 37.2 Å². The number of aliphatic imine (C=N–C) groups is 1. The molecule has 1 aromatic rings. The fourth-order valence-corrected chi connectivity index (χ4v) is 2.50. The van der Waals surface area contributed by atoms with Crippen LogP contribution in [0.4, 0.5) is 5.69 Å². The zero-order chi connectivity index (χ0) is 17.2. The van der Waals surface area contributed by atoms with E-state index in [1.54, 1.807) is 6.34 Å². The molecule has 2 rings (SSSR count). The summed E-state index contributed by atoms with van der Waals surface area (Å²) in [5, 5.41) is 15.1. The summed E-state index contributed by atoms with van der Waals surface area (Å²) < 4.78 is 10.8. The Balaban J connectivity index is 1.66. The van der Waals surface area contributed by atoms with Gasteiger partial charge in [-0.25, -0.2) is 4.99 Å². The molecule has 1 aromatic heterocycles. The van der Waals surface area contributed by atoms with Gasteiger partial charge in [0.15, 0.2) is 0 Å². The quantitative estimate of drug-likeness (QED) is 0.283. The Kier molecular flexibility index (Phi) is 8.20. The summed E-state index contributed by atoms with van der Waals surface area (Å²) in [6.45, 7) is 5.36. The van der Waals surface area contributed by atoms with Gasteiger partial charge in [0.2, 0.25) is 0 Å². The lowest BCUT2D eigenvalue weighted by molar-refractivity contribution is -0.0669. The number of hydrogen-bond acceptors (Lipinski definition) is 7. The van der Waals surface area contributed by atoms with Crippen molar-refractivity contribution in [2.75, 3.05) is 33.2 Å². The van der Waals surface area contributed by atoms with E-state index in [9.17, 15) is 0 Å². The van der Waals surface area contributed by atoms with Crippen molar-refractivity contribution in [2.24, 2.45) is 16.6 Å². The van der Waals surface area contributed by atoms with E-state index in [1.807, 2.05) is 6.20 Å². The molecule has 0 saturated heterocycles. The second-order valence-corrected chi connectivity index (χ2v) is 5.86. The molecule has 0 bridgehead atoms. The second-order valence-electron chi connectivity index (χ2n) is 5.86. The van der Waals surface area contributed by atoms with Crippen LogP contribution in [0.15, 0.2) is 11.2 Å². The lowest BCUT2D eigenvalue weighted by Gasteiger charge is -2.17. The predicted octanol–water partition coefficient (Wildman–Crippen LogP) is 0.724. The first-order chi connectivity index (χ1) is 11.8. The summed E-state index contributed by atoms with van der Waals surface area (Å²) in [5.74, 6) is 0.425. The largest absolute Gasteiger partial charge is 0.396 e. The number of nitrogens with zero attached hydrogens (tertiary/aromatic N) is 1. The lowest BCUT2D eigenvalue weighted by Crippen LogP contribution is -2.30. The number of hydrogen-bond donors (Lipinski definition) is 5. The van der Waals surface area contributed by atoms with Crippen LogP contribution in [-0.4, -0.2) is 49.6 Å². The van der Waals surface area contributed by atoms with Crippen LogP contribution in [0.5, 0.6) is 0 Å². The maximum atomic E-state index is 8.66. The van der Waals surface area contributed by atoms with E-state index in [0.29, 0.717) is 25.6 Å². The third kappa shape index (κ3) is 5.57. The molecular formula is C16H29N5O3. The number of fused-ring (bicyclic) bond motifs is 1. The van der Waals surface area contributed by atoms with Gasteiger partial charge in [0.25, 0.3) is 0 Å². The molecule has 0 spiro atoms. The summed E-state index contributed by atoms with van der Waals surface area (Å²) in [6.07, 6.45) is 5.04. The Morgan fingerprint density at radius 3 is 3.12 bits per heavy atom. The molecule has 8 nitrogen and oxygen atoms in total. The summed E-state index contributed by atoms with van der Waals surface area (Å²) in [5.41, 5.74) is 8.92. The van der Waals surface area contributed by atoms with Gasteiger partial charge in [0, 0.05) is 31.5 Å². The van der Waals surface area contributed by atoms with Crippen LogP contribution < -0.4 is 16.4 Å². The van der Waals surface area contributed by atoms with Gasteiger partial charge in [-0.15, -0.1) is 0 Å². The highest BCUT2D eigenvalue weighted by Gasteiger charge is 2.18. The van der Waals surface area contributed by atoms with Gasteiger partial charge in [0.05, 0.1) is 30.9 Å². The Morgan fingerprint density at radius 1 is 1.46 bits per heavy atom. The Hall–Kier alpha value is -1.45. The van der Waals surface area contributed by atoms with Crippen LogP contribution in [0.25, 0.3) is 0 Å². The Labute approximate surface area is 142 Å². The highest BCUT2D eigenvalue weighted by atomic mass is 16.7. The molecule has 1 aliphatic rings. The van der Waals surface area contributed by atoms with Gasteiger partial charge in [-0.3, -0.25) is 0 Å². The van der Waals surface area contributed by atoms with Crippen molar-refractivity contribution in [3.8, 4) is 0 Å². The van der Waals surface area contributed by atoms with Gasteiger partial charge in [-0.2, -0.15) is 0 Å². The fraction of sp³-hybridized carbons (Fsp3) is 0.688. The summed E-state index contributed by atoms with van der Waals surface area (Å²) >= 11 is 0. The molecule has 0 aromatic carbocycles. The lowest BCUT2D eigenvalue weighted by atomic mass is 10.1. The molecule has 0 radical (unpaired) electrons. The van der Waals surface area contributed by atoms with E-state index in [4.69, 9.17) is 20.3 Å². The predicted molar refractivity (Wildman–Crippen MR) is 93.0 cm³/mol. The molecule has 1 unspecified atom stereocenters. The number of aromatic nitrogens is 1. The number of nitrogens with one attached hydrogen (secondary N) is 3. The van der Waals surface area contributed by atoms with Crippen molar-refractivity contribution >= 4 is 12.0 Å². The van der Waals surface area contributed by atoms with Gasteiger partial charge in [-0.1, -0.05) is 6.92 Å². The van der Waals surface area contributed by atoms with E-state index in [2.05, 4.69) is 27.5 Å². The number of nitrogens with two attached hydrogens (primary N) is 1. The normalized spacial score (nSPS) is 17.5. The molecular weight excluding hydrogens is 310 g/mol. The number of aliphatic hydroxyl groups is 1. The monoisotopic (exact) mass is 339 g/mol. The van der Waals surface area contributed by atoms with Gasteiger partial charge < -0.3 is 35.9 Å². The second kappa shape index (κ2) is 10.4. The molecule has 8 heteroatoms. The minimum absolute atomic E-state index is 0.148. The third-order valence-corrected chi connectivity index (χ3v) is 4.01. The van der Waals surface area contributed by atoms with Crippen molar-refractivity contribution in [3.05, 3.63) is 17.5 Å². The smallest absolute Gasteiger partial charge is 0.146 e. The average Bonchev–Trinajstić information content (AvgIpc) is 3.01. The molecule has 0 saturated carbocycles. The van der Waals surface area contributed by atoms with Gasteiger partial charge >= 0.3 is 0 Å². The van der Waals surface area contributed by atoms with Gasteiger partial charge in [0.1, 0.15) is 13.0 Å². The Bertz CT molecular complexity index is 506. The number of rotatable bonds is 12. The molecule has 2 heterocycles. The minimum Gasteiger partial charge on any atom is -0.396 e. The fourth-order valence-electron chi connectivity index (χ4n) is 2.50. The van der Waals surface area contributed by atoms with E-state index in [1.165, 1.54) is 0 Å². The highest BCUT2D eigenvalue weighted by molar-refractivity contribution is 5.69. The zero-order valence-corrected chi connectivity index (χ0v) is 14.3. The summed E-state index contributed by atoms with van der Waals surface area (Å²) in [7, 11) is 0. The van der Waals surface area contributed by atoms with Crippen molar-refractivity contribution < 1.29 is 14.6 Å². The maximum absolute atomic E-state index is 8.66. The van der Waals surface area contributed by atoms with Crippen molar-refractivity contribution in [1.82, 2.24) is 15.6 Å². The molecule has 0 amide bonds. The van der Waals surface area contributed by atoms with Crippen molar-refractivity contribution in [2.45, 2.75) is 32.5 Å². The van der Waals surface area contributed by atoms with Crippen LogP contribution in [0.3, 0.4) is 0 Å². The number of H-pyrrole nitrogens is 1. The van der Waals surface area contributed by atoms with E-state index < -0.39 is 0 Å². The minimum atomic E-state index is -0.228. The molecule has 24 heavy (non-hydrogen) atoms. The molecule has 1 aliphatic heterocycles. The first-order valence-electron chi connectivity index (χ1n) is 8.47.